The predicted octanol–water partition coefficient (Wildman–Crippen LogP) is 2.44. The highest BCUT2D eigenvalue weighted by Gasteiger charge is 1.96. The zero-order valence-electron chi connectivity index (χ0n) is 8.27. The monoisotopic (exact) mass is 180 g/mol. The van der Waals surface area contributed by atoms with E-state index in [1.165, 1.54) is 20.9 Å². The minimum Gasteiger partial charge on any atom is -0.144 e. The van der Waals surface area contributed by atoms with Crippen LogP contribution in [-0.4, -0.2) is 0 Å². The molecule has 0 bridgehead atoms. The summed E-state index contributed by atoms with van der Waals surface area (Å²) in [6.07, 6.45) is 3.35. The van der Waals surface area contributed by atoms with Crippen molar-refractivity contribution < 1.29 is 0 Å². The molecule has 1 heterocycles. The fourth-order valence-corrected chi connectivity index (χ4v) is 2.41. The van der Waals surface area contributed by atoms with Gasteiger partial charge in [0.05, 0.1) is 0 Å². The molecule has 0 nitrogen and oxygen atoms in total. The molecule has 0 spiro atoms. The van der Waals surface area contributed by atoms with E-state index in [-0.39, 0.29) is 0 Å². The molecule has 0 atom stereocenters. The third kappa shape index (κ3) is 1.61. The van der Waals surface area contributed by atoms with Crippen molar-refractivity contribution in [2.45, 2.75) is 34.1 Å². The molecule has 66 valence electrons. The van der Waals surface area contributed by atoms with Crippen molar-refractivity contribution in [3.05, 3.63) is 20.7 Å². The van der Waals surface area contributed by atoms with Crippen molar-refractivity contribution >= 4 is 23.0 Å². The van der Waals surface area contributed by atoms with Gasteiger partial charge in [0.15, 0.2) is 0 Å². The maximum absolute atomic E-state index is 2.24. The smallest absolute Gasteiger partial charge is 0.0302 e. The lowest BCUT2D eigenvalue weighted by Gasteiger charge is -1.93. The van der Waals surface area contributed by atoms with E-state index in [2.05, 4.69) is 39.2 Å². The first-order valence-electron chi connectivity index (χ1n) is 4.41. The van der Waals surface area contributed by atoms with Gasteiger partial charge in [-0.2, -0.15) is 0 Å². The molecule has 0 aromatic carbocycles. The first-order valence-corrected chi connectivity index (χ1v) is 5.28. The highest BCUT2D eigenvalue weighted by atomic mass is 32.1. The van der Waals surface area contributed by atoms with Crippen molar-refractivity contribution in [1.82, 2.24) is 0 Å². The Kier molecular flexibility index (Phi) is 3.10. The summed E-state index contributed by atoms with van der Waals surface area (Å²) in [5.41, 5.74) is 2.93. The highest BCUT2D eigenvalue weighted by molar-refractivity contribution is 7.07. The van der Waals surface area contributed by atoms with Gasteiger partial charge >= 0.3 is 0 Å². The Morgan fingerprint density at radius 3 is 2.75 bits per heavy atom. The fraction of sp³-hybridized carbons (Fsp3) is 0.455. The molecular weight excluding hydrogens is 164 g/mol. The van der Waals surface area contributed by atoms with Crippen molar-refractivity contribution in [2.75, 3.05) is 0 Å². The number of hydrogen-bond acceptors (Lipinski definition) is 1. The second-order valence-electron chi connectivity index (χ2n) is 3.08. The summed E-state index contributed by atoms with van der Waals surface area (Å²) in [7, 11) is 0. The van der Waals surface area contributed by atoms with Crippen molar-refractivity contribution in [1.29, 1.82) is 0 Å². The van der Waals surface area contributed by atoms with Gasteiger partial charge in [-0.05, 0) is 43.4 Å². The van der Waals surface area contributed by atoms with Gasteiger partial charge in [-0.3, -0.25) is 0 Å². The third-order valence-electron chi connectivity index (χ3n) is 2.22. The second kappa shape index (κ2) is 3.90. The number of rotatable bonds is 1. The van der Waals surface area contributed by atoms with Gasteiger partial charge in [0.1, 0.15) is 0 Å². The van der Waals surface area contributed by atoms with Crippen molar-refractivity contribution in [2.24, 2.45) is 0 Å². The summed E-state index contributed by atoms with van der Waals surface area (Å²) < 4.78 is 1.42. The van der Waals surface area contributed by atoms with E-state index in [9.17, 15) is 0 Å². The van der Waals surface area contributed by atoms with Crippen LogP contribution in [0.1, 0.15) is 32.8 Å². The molecule has 0 aliphatic carbocycles. The minimum atomic E-state index is 1.15. The molecule has 12 heavy (non-hydrogen) atoms. The van der Waals surface area contributed by atoms with Gasteiger partial charge in [-0.25, -0.2) is 0 Å². The molecule has 0 saturated carbocycles. The molecule has 0 saturated heterocycles. The molecule has 0 aliphatic heterocycles. The maximum atomic E-state index is 2.24. The highest BCUT2D eigenvalue weighted by Crippen LogP contribution is 1.99. The average Bonchev–Trinajstić information content (AvgIpc) is 2.45. The van der Waals surface area contributed by atoms with Crippen LogP contribution in [0.15, 0.2) is 5.38 Å². The van der Waals surface area contributed by atoms with Crippen LogP contribution in [0, 0.1) is 6.92 Å². The van der Waals surface area contributed by atoms with Crippen LogP contribution in [0.4, 0.5) is 0 Å². The van der Waals surface area contributed by atoms with Crippen LogP contribution in [0.5, 0.6) is 0 Å². The summed E-state index contributed by atoms with van der Waals surface area (Å²) in [4.78, 5) is 0. The second-order valence-corrected chi connectivity index (χ2v) is 3.99. The van der Waals surface area contributed by atoms with E-state index in [0.717, 1.165) is 6.42 Å². The van der Waals surface area contributed by atoms with E-state index < -0.39 is 0 Å². The molecule has 0 unspecified atom stereocenters. The Morgan fingerprint density at radius 2 is 2.25 bits per heavy atom. The molecule has 0 amide bonds. The lowest BCUT2D eigenvalue weighted by molar-refractivity contribution is 1.20. The zero-order valence-corrected chi connectivity index (χ0v) is 9.09. The van der Waals surface area contributed by atoms with Gasteiger partial charge < -0.3 is 0 Å². The van der Waals surface area contributed by atoms with Gasteiger partial charge in [0.25, 0.3) is 0 Å². The Labute approximate surface area is 78.2 Å². The van der Waals surface area contributed by atoms with Crippen LogP contribution < -0.4 is 9.75 Å². The Hall–Kier alpha value is -0.560. The molecule has 1 aromatic heterocycles. The largest absolute Gasteiger partial charge is 0.144 e. The van der Waals surface area contributed by atoms with E-state index in [4.69, 9.17) is 0 Å². The van der Waals surface area contributed by atoms with Crippen molar-refractivity contribution in [3.8, 4) is 0 Å². The normalized spacial score (nSPS) is 15.2. The zero-order chi connectivity index (χ0) is 9.14. The molecule has 0 fully saturated rings. The summed E-state index contributed by atoms with van der Waals surface area (Å²) in [5.74, 6) is 0. The molecular formula is C11H16S. The standard InChI is InChI=1S/C11H16S/c1-5-8(3)11-9(4)7-12-10(11)6-2/h6-7H,5H2,1-4H3/b10-6+,11-8-. The van der Waals surface area contributed by atoms with Crippen LogP contribution in [0.3, 0.4) is 0 Å². The van der Waals surface area contributed by atoms with Gasteiger partial charge in [0, 0.05) is 4.53 Å². The van der Waals surface area contributed by atoms with Gasteiger partial charge in [-0.1, -0.05) is 18.6 Å². The summed E-state index contributed by atoms with van der Waals surface area (Å²) in [6.45, 7) is 8.74. The van der Waals surface area contributed by atoms with Crippen LogP contribution in [0.2, 0.25) is 0 Å². The number of hydrogen-bond donors (Lipinski definition) is 0. The Balaban J connectivity index is 3.60. The van der Waals surface area contributed by atoms with E-state index in [1.54, 1.807) is 0 Å². The molecule has 1 heteroatoms. The predicted molar refractivity (Wildman–Crippen MR) is 57.8 cm³/mol. The Morgan fingerprint density at radius 1 is 1.58 bits per heavy atom. The topological polar surface area (TPSA) is 0 Å². The minimum absolute atomic E-state index is 1.15. The van der Waals surface area contributed by atoms with E-state index in [1.807, 2.05) is 11.3 Å². The van der Waals surface area contributed by atoms with Crippen molar-refractivity contribution in [3.63, 3.8) is 0 Å². The number of aryl methyl sites for hydroxylation is 1. The van der Waals surface area contributed by atoms with Crippen LogP contribution in [-0.2, 0) is 0 Å². The fourth-order valence-electron chi connectivity index (χ4n) is 1.40. The van der Waals surface area contributed by atoms with E-state index >= 15 is 0 Å². The van der Waals surface area contributed by atoms with Gasteiger partial charge in [-0.15, -0.1) is 11.3 Å². The summed E-state index contributed by atoms with van der Waals surface area (Å²) in [5, 5.41) is 3.72. The van der Waals surface area contributed by atoms with E-state index in [0.29, 0.717) is 0 Å². The SMILES string of the molecule is C/C=c1/scc(C)/c1=C(\C)CC. The lowest BCUT2D eigenvalue weighted by atomic mass is 10.1. The lowest BCUT2D eigenvalue weighted by Crippen LogP contribution is -2.22. The first-order chi connectivity index (χ1) is 5.70. The molecule has 0 N–H and O–H groups in total. The quantitative estimate of drug-likeness (QED) is 0.622. The van der Waals surface area contributed by atoms with Gasteiger partial charge in [0.2, 0.25) is 0 Å². The molecule has 1 aromatic rings. The Bertz CT molecular complexity index is 368. The molecule has 0 radical (unpaired) electrons. The number of thiophene rings is 1. The van der Waals surface area contributed by atoms with Crippen LogP contribution >= 0.6 is 11.3 Å². The maximum Gasteiger partial charge on any atom is 0.0302 e. The third-order valence-corrected chi connectivity index (χ3v) is 3.39. The first kappa shape index (κ1) is 9.53. The summed E-state index contributed by atoms with van der Waals surface area (Å²) in [6, 6.07) is 0. The molecule has 1 rings (SSSR count). The van der Waals surface area contributed by atoms with Crippen LogP contribution in [0.25, 0.3) is 11.6 Å². The molecule has 0 aliphatic rings. The average molecular weight is 180 g/mol. The summed E-state index contributed by atoms with van der Waals surface area (Å²) >= 11 is 1.84.